The van der Waals surface area contributed by atoms with E-state index in [0.717, 1.165) is 32.1 Å². The smallest absolute Gasteiger partial charge is 0.230 e. The number of nitrogens with zero attached hydrogens (tertiary/aromatic N) is 4. The summed E-state index contributed by atoms with van der Waals surface area (Å²) in [6.45, 7) is 0. The Bertz CT molecular complexity index is 1330. The van der Waals surface area contributed by atoms with Gasteiger partial charge in [0.05, 0.1) is 29.8 Å². The van der Waals surface area contributed by atoms with E-state index in [2.05, 4.69) is 32.6 Å². The van der Waals surface area contributed by atoms with Gasteiger partial charge in [-0.3, -0.25) is 4.79 Å². The molecule has 1 amide bonds. The number of ether oxygens (including phenoxy) is 1. The standard InChI is InChI=1S/C23H19N5O3S/c1-30-16-5-2-14(3-6-16)15-4-7-17-18(10-15)32-22(25-17)12-21-28-27-20(31-21)11-19(29)26-23(13-24)8-9-23/h2-7,10H,8-9,11-12H2,1H3,(H,26,29). The molecule has 0 atom stereocenters. The Balaban J connectivity index is 1.27. The molecular weight excluding hydrogens is 426 g/mol. The van der Waals surface area contributed by atoms with Crippen LogP contribution < -0.4 is 10.1 Å². The Morgan fingerprint density at radius 1 is 1.19 bits per heavy atom. The molecule has 5 rings (SSSR count). The number of nitrogens with one attached hydrogen (secondary N) is 1. The Morgan fingerprint density at radius 2 is 1.94 bits per heavy atom. The van der Waals surface area contributed by atoms with E-state index >= 15 is 0 Å². The van der Waals surface area contributed by atoms with Crippen molar-refractivity contribution in [3.8, 4) is 22.9 Å². The van der Waals surface area contributed by atoms with E-state index < -0.39 is 5.54 Å². The number of methoxy groups -OCH3 is 1. The van der Waals surface area contributed by atoms with Crippen LogP contribution in [0.1, 0.15) is 29.6 Å². The molecule has 2 aromatic heterocycles. The molecule has 2 aromatic carbocycles. The molecule has 4 aromatic rings. The third-order valence-electron chi connectivity index (χ3n) is 5.32. The molecule has 1 fully saturated rings. The van der Waals surface area contributed by atoms with Gasteiger partial charge in [0.2, 0.25) is 17.7 Å². The zero-order valence-corrected chi connectivity index (χ0v) is 18.1. The SMILES string of the molecule is COc1ccc(-c2ccc3nc(Cc4nnc(CC(=O)NC5(C#N)CC5)o4)sc3c2)cc1. The van der Waals surface area contributed by atoms with Crippen molar-refractivity contribution < 1.29 is 13.9 Å². The second-order valence-electron chi connectivity index (χ2n) is 7.70. The Kier molecular flexibility index (Phi) is 5.07. The van der Waals surface area contributed by atoms with E-state index in [-0.39, 0.29) is 18.2 Å². The highest BCUT2D eigenvalue weighted by molar-refractivity contribution is 7.18. The number of aromatic nitrogens is 3. The van der Waals surface area contributed by atoms with Crippen molar-refractivity contribution in [2.75, 3.05) is 7.11 Å². The molecule has 32 heavy (non-hydrogen) atoms. The summed E-state index contributed by atoms with van der Waals surface area (Å²) >= 11 is 1.57. The van der Waals surface area contributed by atoms with Crippen LogP contribution in [0.3, 0.4) is 0 Å². The average Bonchev–Trinajstić information content (AvgIpc) is 3.24. The molecule has 1 N–H and O–H groups in total. The maximum atomic E-state index is 12.1. The van der Waals surface area contributed by atoms with Crippen molar-refractivity contribution in [3.05, 3.63) is 59.3 Å². The van der Waals surface area contributed by atoms with Gasteiger partial charge in [-0.05, 0) is 48.2 Å². The van der Waals surface area contributed by atoms with Gasteiger partial charge in [0.25, 0.3) is 0 Å². The highest BCUT2D eigenvalue weighted by Crippen LogP contribution is 2.34. The number of hydrogen-bond acceptors (Lipinski definition) is 8. The molecule has 8 nitrogen and oxygen atoms in total. The van der Waals surface area contributed by atoms with E-state index in [1.165, 1.54) is 0 Å². The van der Waals surface area contributed by atoms with Crippen molar-refractivity contribution in [2.24, 2.45) is 0 Å². The van der Waals surface area contributed by atoms with Crippen LogP contribution in [0.15, 0.2) is 46.9 Å². The molecule has 0 radical (unpaired) electrons. The minimum absolute atomic E-state index is 0.0402. The molecule has 1 aliphatic carbocycles. The van der Waals surface area contributed by atoms with Gasteiger partial charge in [-0.25, -0.2) is 4.98 Å². The maximum Gasteiger partial charge on any atom is 0.230 e. The van der Waals surface area contributed by atoms with E-state index in [1.807, 2.05) is 36.4 Å². The van der Waals surface area contributed by atoms with Crippen molar-refractivity contribution in [1.82, 2.24) is 20.5 Å². The number of thiazole rings is 1. The van der Waals surface area contributed by atoms with E-state index in [9.17, 15) is 4.79 Å². The number of hydrogen-bond donors (Lipinski definition) is 1. The van der Waals surface area contributed by atoms with E-state index in [1.54, 1.807) is 18.4 Å². The molecular formula is C23H19N5O3S. The van der Waals surface area contributed by atoms with Crippen LogP contribution in [-0.2, 0) is 17.6 Å². The lowest BCUT2D eigenvalue weighted by molar-refractivity contribution is -0.121. The molecule has 160 valence electrons. The number of rotatable bonds is 7. The molecule has 0 saturated heterocycles. The topological polar surface area (TPSA) is 114 Å². The molecule has 1 saturated carbocycles. The van der Waals surface area contributed by atoms with Gasteiger partial charge in [0.1, 0.15) is 22.7 Å². The molecule has 0 aliphatic heterocycles. The summed E-state index contributed by atoms with van der Waals surface area (Å²) in [5.41, 5.74) is 2.41. The summed E-state index contributed by atoms with van der Waals surface area (Å²) < 4.78 is 11.9. The number of fused-ring (bicyclic) bond motifs is 1. The Hall–Kier alpha value is -3.77. The van der Waals surface area contributed by atoms with Crippen molar-refractivity contribution in [3.63, 3.8) is 0 Å². The predicted molar refractivity (Wildman–Crippen MR) is 118 cm³/mol. The number of benzene rings is 2. The summed E-state index contributed by atoms with van der Waals surface area (Å²) in [5.74, 6) is 1.17. The molecule has 0 unspecified atom stereocenters. The lowest BCUT2D eigenvalue weighted by atomic mass is 10.1. The third-order valence-corrected chi connectivity index (χ3v) is 6.34. The highest BCUT2D eigenvalue weighted by atomic mass is 32.1. The number of carbonyl (C=O) groups is 1. The molecule has 1 aliphatic rings. The van der Waals surface area contributed by atoms with Gasteiger partial charge in [0.15, 0.2) is 0 Å². The predicted octanol–water partition coefficient (Wildman–Crippen LogP) is 3.66. The first-order valence-corrected chi connectivity index (χ1v) is 10.9. The maximum absolute atomic E-state index is 12.1. The first-order chi connectivity index (χ1) is 15.6. The number of amides is 1. The van der Waals surface area contributed by atoms with Crippen molar-refractivity contribution in [2.45, 2.75) is 31.2 Å². The number of nitriles is 1. The zero-order chi connectivity index (χ0) is 22.1. The van der Waals surface area contributed by atoms with Gasteiger partial charge in [-0.1, -0.05) is 18.2 Å². The summed E-state index contributed by atoms with van der Waals surface area (Å²) in [6, 6.07) is 16.2. The Morgan fingerprint density at radius 3 is 2.66 bits per heavy atom. The lowest BCUT2D eigenvalue weighted by Crippen LogP contribution is -2.36. The first-order valence-electron chi connectivity index (χ1n) is 10.1. The second kappa shape index (κ2) is 8.05. The second-order valence-corrected chi connectivity index (χ2v) is 8.82. The van der Waals surface area contributed by atoms with Crippen LogP contribution in [-0.4, -0.2) is 33.7 Å². The fraction of sp³-hybridized carbons (Fsp3) is 0.261. The first kappa shape index (κ1) is 20.2. The minimum Gasteiger partial charge on any atom is -0.497 e. The number of carbonyl (C=O) groups excluding carboxylic acids is 1. The van der Waals surface area contributed by atoms with Crippen molar-refractivity contribution >= 4 is 27.5 Å². The van der Waals surface area contributed by atoms with Gasteiger partial charge >= 0.3 is 0 Å². The largest absolute Gasteiger partial charge is 0.497 e. The van der Waals surface area contributed by atoms with Crippen molar-refractivity contribution in [1.29, 1.82) is 5.26 Å². The van der Waals surface area contributed by atoms with Gasteiger partial charge in [-0.2, -0.15) is 5.26 Å². The summed E-state index contributed by atoms with van der Waals surface area (Å²) in [5, 5.41) is 20.7. The fourth-order valence-corrected chi connectivity index (χ4v) is 4.41. The molecule has 0 bridgehead atoms. The van der Waals surface area contributed by atoms with Crippen LogP contribution >= 0.6 is 11.3 Å². The summed E-state index contributed by atoms with van der Waals surface area (Å²) in [4.78, 5) is 16.8. The summed E-state index contributed by atoms with van der Waals surface area (Å²) in [7, 11) is 1.65. The highest BCUT2D eigenvalue weighted by Gasteiger charge is 2.44. The zero-order valence-electron chi connectivity index (χ0n) is 17.3. The quantitative estimate of drug-likeness (QED) is 0.462. The van der Waals surface area contributed by atoms with Gasteiger partial charge in [0, 0.05) is 0 Å². The van der Waals surface area contributed by atoms with Gasteiger partial charge < -0.3 is 14.5 Å². The van der Waals surface area contributed by atoms with Crippen LogP contribution in [0.2, 0.25) is 0 Å². The molecule has 2 heterocycles. The third kappa shape index (κ3) is 4.18. The molecule has 9 heteroatoms. The van der Waals surface area contributed by atoms with Gasteiger partial charge in [-0.15, -0.1) is 21.5 Å². The van der Waals surface area contributed by atoms with E-state index in [0.29, 0.717) is 25.2 Å². The van der Waals surface area contributed by atoms with Crippen LogP contribution in [0.4, 0.5) is 0 Å². The summed E-state index contributed by atoms with van der Waals surface area (Å²) in [6.07, 6.45) is 1.72. The van der Waals surface area contributed by atoms with Crippen LogP contribution in [0.25, 0.3) is 21.3 Å². The Labute approximate surface area is 187 Å². The monoisotopic (exact) mass is 445 g/mol. The van der Waals surface area contributed by atoms with Crippen LogP contribution in [0, 0.1) is 11.3 Å². The normalized spacial score (nSPS) is 14.1. The average molecular weight is 446 g/mol. The fourth-order valence-electron chi connectivity index (χ4n) is 3.41. The van der Waals surface area contributed by atoms with Crippen LogP contribution in [0.5, 0.6) is 5.75 Å². The molecule has 0 spiro atoms. The lowest BCUT2D eigenvalue weighted by Gasteiger charge is -2.06. The van der Waals surface area contributed by atoms with E-state index in [4.69, 9.17) is 14.4 Å². The minimum atomic E-state index is -0.703.